The quantitative estimate of drug-likeness (QED) is 0.692. The summed E-state index contributed by atoms with van der Waals surface area (Å²) < 4.78 is 0. The number of carbonyl (C=O) groups is 2. The van der Waals surface area contributed by atoms with Gasteiger partial charge in [-0.2, -0.15) is 0 Å². The Morgan fingerprint density at radius 3 is 2.71 bits per heavy atom. The maximum atomic E-state index is 11.8. The van der Waals surface area contributed by atoms with Gasteiger partial charge in [0, 0.05) is 20.1 Å². The van der Waals surface area contributed by atoms with Crippen molar-refractivity contribution in [1.29, 1.82) is 0 Å². The molecular weight excluding hydrogens is 222 g/mol. The molecule has 0 bridgehead atoms. The summed E-state index contributed by atoms with van der Waals surface area (Å²) in [7, 11) is 1.59. The van der Waals surface area contributed by atoms with Gasteiger partial charge in [0.05, 0.1) is 12.6 Å². The highest BCUT2D eigenvalue weighted by Crippen LogP contribution is 2.16. The predicted octanol–water partition coefficient (Wildman–Crippen LogP) is -0.369. The minimum atomic E-state index is -0.235. The zero-order valence-corrected chi connectivity index (χ0v) is 10.5. The molecule has 0 unspecified atom stereocenters. The van der Waals surface area contributed by atoms with E-state index in [1.54, 1.807) is 11.9 Å². The van der Waals surface area contributed by atoms with E-state index in [0.29, 0.717) is 13.1 Å². The summed E-state index contributed by atoms with van der Waals surface area (Å²) in [6.07, 6.45) is 1.71. The summed E-state index contributed by atoms with van der Waals surface area (Å²) >= 11 is 0. The number of carbonyl (C=O) groups excluding carboxylic acids is 2. The van der Waals surface area contributed by atoms with Crippen molar-refractivity contribution < 1.29 is 14.7 Å². The van der Waals surface area contributed by atoms with Gasteiger partial charge in [0.15, 0.2) is 0 Å². The number of nitrogens with one attached hydrogen (secondary N) is 1. The Kier molecular flexibility index (Phi) is 5.21. The maximum Gasteiger partial charge on any atom is 0.317 e. The minimum absolute atomic E-state index is 0.00249. The van der Waals surface area contributed by atoms with Crippen molar-refractivity contribution >= 4 is 11.9 Å². The number of aliphatic hydroxyl groups is 1. The number of likely N-dealkylation sites (N-methyl/N-ethyl adjacent to an activating group) is 1. The van der Waals surface area contributed by atoms with E-state index in [-0.39, 0.29) is 31.1 Å². The standard InChI is InChI=1S/C11H21N3O3/c1-3-5-12-11(17)13(2)7-10(16)14-6-4-9(14)8-15/h9,15H,3-8H2,1-2H3,(H,12,17)/t9-/m0/s1. The van der Waals surface area contributed by atoms with Crippen LogP contribution in [-0.4, -0.2) is 66.2 Å². The Hall–Kier alpha value is -1.30. The molecule has 17 heavy (non-hydrogen) atoms. The molecule has 6 heteroatoms. The van der Waals surface area contributed by atoms with Crippen LogP contribution in [-0.2, 0) is 4.79 Å². The van der Waals surface area contributed by atoms with E-state index in [9.17, 15) is 9.59 Å². The molecule has 3 amide bonds. The number of urea groups is 1. The van der Waals surface area contributed by atoms with Gasteiger partial charge in [-0.3, -0.25) is 4.79 Å². The number of hydrogen-bond donors (Lipinski definition) is 2. The lowest BCUT2D eigenvalue weighted by molar-refractivity contribution is -0.140. The van der Waals surface area contributed by atoms with Gasteiger partial charge >= 0.3 is 6.03 Å². The number of nitrogens with zero attached hydrogens (tertiary/aromatic N) is 2. The van der Waals surface area contributed by atoms with Crippen LogP contribution in [0.5, 0.6) is 0 Å². The zero-order chi connectivity index (χ0) is 12.8. The first-order chi connectivity index (χ1) is 8.10. The highest BCUT2D eigenvalue weighted by molar-refractivity contribution is 5.84. The van der Waals surface area contributed by atoms with Crippen molar-refractivity contribution in [1.82, 2.24) is 15.1 Å². The molecule has 1 aliphatic rings. The molecule has 1 fully saturated rings. The second kappa shape index (κ2) is 6.44. The molecule has 0 aliphatic carbocycles. The molecule has 98 valence electrons. The van der Waals surface area contributed by atoms with E-state index in [2.05, 4.69) is 5.32 Å². The molecule has 6 nitrogen and oxygen atoms in total. The Morgan fingerprint density at radius 2 is 2.24 bits per heavy atom. The van der Waals surface area contributed by atoms with Crippen LogP contribution in [0.1, 0.15) is 19.8 Å². The van der Waals surface area contributed by atoms with Crippen LogP contribution in [0.15, 0.2) is 0 Å². The Balaban J connectivity index is 2.32. The Labute approximate surface area is 102 Å². The van der Waals surface area contributed by atoms with Crippen molar-refractivity contribution in [2.75, 3.05) is 33.3 Å². The summed E-state index contributed by atoms with van der Waals surface area (Å²) in [5.41, 5.74) is 0. The van der Waals surface area contributed by atoms with Gasteiger partial charge in [-0.25, -0.2) is 4.79 Å². The summed E-state index contributed by atoms with van der Waals surface area (Å²) in [6.45, 7) is 3.32. The zero-order valence-electron chi connectivity index (χ0n) is 10.5. The van der Waals surface area contributed by atoms with Crippen molar-refractivity contribution in [2.45, 2.75) is 25.8 Å². The van der Waals surface area contributed by atoms with E-state index in [1.165, 1.54) is 4.90 Å². The van der Waals surface area contributed by atoms with E-state index in [1.807, 2.05) is 6.92 Å². The average molecular weight is 243 g/mol. The first-order valence-corrected chi connectivity index (χ1v) is 5.99. The fourth-order valence-electron chi connectivity index (χ4n) is 1.69. The van der Waals surface area contributed by atoms with Gasteiger partial charge in [0.1, 0.15) is 6.54 Å². The molecule has 1 atom stereocenters. The first kappa shape index (κ1) is 13.8. The molecule has 1 saturated heterocycles. The fourth-order valence-corrected chi connectivity index (χ4v) is 1.69. The number of likely N-dealkylation sites (tertiary alicyclic amines) is 1. The summed E-state index contributed by atoms with van der Waals surface area (Å²) in [5.74, 6) is -0.107. The molecule has 2 N–H and O–H groups in total. The molecule has 0 aromatic rings. The van der Waals surface area contributed by atoms with Crippen LogP contribution < -0.4 is 5.32 Å². The van der Waals surface area contributed by atoms with Crippen LogP contribution in [0.25, 0.3) is 0 Å². The lowest BCUT2D eigenvalue weighted by Gasteiger charge is -2.40. The first-order valence-electron chi connectivity index (χ1n) is 5.99. The van der Waals surface area contributed by atoms with E-state index in [4.69, 9.17) is 5.11 Å². The van der Waals surface area contributed by atoms with E-state index in [0.717, 1.165) is 12.8 Å². The van der Waals surface area contributed by atoms with Gasteiger partial charge in [0.2, 0.25) is 5.91 Å². The topological polar surface area (TPSA) is 72.9 Å². The maximum absolute atomic E-state index is 11.8. The molecule has 0 radical (unpaired) electrons. The van der Waals surface area contributed by atoms with Gasteiger partial charge in [0.25, 0.3) is 0 Å². The number of rotatable bonds is 5. The largest absolute Gasteiger partial charge is 0.394 e. The van der Waals surface area contributed by atoms with Gasteiger partial charge in [-0.1, -0.05) is 6.92 Å². The van der Waals surface area contributed by atoms with Gasteiger partial charge in [-0.05, 0) is 12.8 Å². The molecule has 0 aromatic heterocycles. The summed E-state index contributed by atoms with van der Waals surface area (Å²) in [5, 5.41) is 11.7. The molecule has 0 spiro atoms. The van der Waals surface area contributed by atoms with Crippen LogP contribution in [0.2, 0.25) is 0 Å². The van der Waals surface area contributed by atoms with Crippen molar-refractivity contribution in [3.8, 4) is 0 Å². The molecular formula is C11H21N3O3. The number of hydrogen-bond acceptors (Lipinski definition) is 3. The van der Waals surface area contributed by atoms with Crippen LogP contribution in [0.4, 0.5) is 4.79 Å². The third kappa shape index (κ3) is 3.59. The average Bonchev–Trinajstić information content (AvgIpc) is 2.24. The van der Waals surface area contributed by atoms with Crippen LogP contribution in [0, 0.1) is 0 Å². The highest BCUT2D eigenvalue weighted by atomic mass is 16.3. The summed E-state index contributed by atoms with van der Waals surface area (Å²) in [4.78, 5) is 26.3. The van der Waals surface area contributed by atoms with Gasteiger partial charge in [-0.15, -0.1) is 0 Å². The van der Waals surface area contributed by atoms with E-state index < -0.39 is 0 Å². The highest BCUT2D eigenvalue weighted by Gasteiger charge is 2.32. The molecule has 0 saturated carbocycles. The van der Waals surface area contributed by atoms with Crippen molar-refractivity contribution in [2.24, 2.45) is 0 Å². The van der Waals surface area contributed by atoms with Crippen molar-refractivity contribution in [3.63, 3.8) is 0 Å². The van der Waals surface area contributed by atoms with Crippen LogP contribution >= 0.6 is 0 Å². The van der Waals surface area contributed by atoms with Crippen LogP contribution in [0.3, 0.4) is 0 Å². The third-order valence-corrected chi connectivity index (χ3v) is 2.92. The number of amides is 3. The lowest BCUT2D eigenvalue weighted by Crippen LogP contribution is -2.56. The second-order valence-electron chi connectivity index (χ2n) is 4.30. The Bertz CT molecular complexity index is 281. The molecule has 1 rings (SSSR count). The normalized spacial score (nSPS) is 18.5. The fraction of sp³-hybridized carbons (Fsp3) is 0.818. The predicted molar refractivity (Wildman–Crippen MR) is 63.5 cm³/mol. The third-order valence-electron chi connectivity index (χ3n) is 2.92. The molecule has 1 heterocycles. The monoisotopic (exact) mass is 243 g/mol. The molecule has 0 aromatic carbocycles. The van der Waals surface area contributed by atoms with Crippen molar-refractivity contribution in [3.05, 3.63) is 0 Å². The lowest BCUT2D eigenvalue weighted by atomic mass is 10.0. The minimum Gasteiger partial charge on any atom is -0.394 e. The smallest absolute Gasteiger partial charge is 0.317 e. The second-order valence-corrected chi connectivity index (χ2v) is 4.30. The summed E-state index contributed by atoms with van der Waals surface area (Å²) in [6, 6.07) is -0.295. The Morgan fingerprint density at radius 1 is 1.53 bits per heavy atom. The number of aliphatic hydroxyl groups excluding tert-OH is 1. The SMILES string of the molecule is CCCNC(=O)N(C)CC(=O)N1CC[C@H]1CO. The van der Waals surface area contributed by atoms with E-state index >= 15 is 0 Å². The molecule has 1 aliphatic heterocycles. The van der Waals surface area contributed by atoms with Gasteiger partial charge < -0.3 is 20.2 Å².